The van der Waals surface area contributed by atoms with E-state index in [2.05, 4.69) is 0 Å². The van der Waals surface area contributed by atoms with Gasteiger partial charge in [-0.25, -0.2) is 0 Å². The van der Waals surface area contributed by atoms with Crippen molar-refractivity contribution < 1.29 is 28.6 Å². The second-order valence-electron chi connectivity index (χ2n) is 12.2. The van der Waals surface area contributed by atoms with E-state index in [0.29, 0.717) is 19.4 Å². The highest BCUT2D eigenvalue weighted by atomic mass is 16.5. The van der Waals surface area contributed by atoms with E-state index in [0.717, 1.165) is 6.29 Å². The van der Waals surface area contributed by atoms with E-state index < -0.39 is 39.3 Å². The maximum atomic E-state index is 13.9. The molecule has 33 heavy (non-hydrogen) atoms. The summed E-state index contributed by atoms with van der Waals surface area (Å²) >= 11 is 0. The summed E-state index contributed by atoms with van der Waals surface area (Å²) in [6, 6.07) is 0. The van der Waals surface area contributed by atoms with Crippen LogP contribution >= 0.6 is 0 Å². The molecule has 0 aliphatic rings. The standard InChI is InChI=1S/C27H50O6/c1-15-27(14,33-23(6,7)18-28)17-22(4,5)21(30)24(8,9)26(12,13)32-19(3)20(29)25(10,11)31-16-2/h18-19H,15-17H2,1-14H3. The van der Waals surface area contributed by atoms with Crippen LogP contribution in [0.4, 0.5) is 0 Å². The lowest BCUT2D eigenvalue weighted by molar-refractivity contribution is -0.184. The molecule has 0 aliphatic heterocycles. The Labute approximate surface area is 202 Å². The third kappa shape index (κ3) is 7.97. The summed E-state index contributed by atoms with van der Waals surface area (Å²) < 4.78 is 18.0. The Hall–Kier alpha value is -1.11. The fourth-order valence-electron chi connectivity index (χ4n) is 4.59. The fraction of sp³-hybridized carbons (Fsp3) is 0.889. The largest absolute Gasteiger partial charge is 0.368 e. The number of rotatable bonds is 15. The van der Waals surface area contributed by atoms with Crippen LogP contribution in [0.5, 0.6) is 0 Å². The Kier molecular flexibility index (Phi) is 10.3. The van der Waals surface area contributed by atoms with Crippen molar-refractivity contribution in [1.29, 1.82) is 0 Å². The highest BCUT2D eigenvalue weighted by Crippen LogP contribution is 2.45. The number of Topliss-reactive ketones (excluding diaryl/α,β-unsaturated/α-hetero) is 2. The molecule has 0 heterocycles. The summed E-state index contributed by atoms with van der Waals surface area (Å²) in [5.41, 5.74) is -5.16. The van der Waals surface area contributed by atoms with Crippen LogP contribution in [-0.4, -0.2) is 53.0 Å². The topological polar surface area (TPSA) is 78.9 Å². The number of hydrogen-bond acceptors (Lipinski definition) is 6. The molecule has 0 aliphatic carbocycles. The van der Waals surface area contributed by atoms with Crippen molar-refractivity contribution in [3.05, 3.63) is 0 Å². The van der Waals surface area contributed by atoms with E-state index in [1.165, 1.54) is 0 Å². The number of ketones is 2. The van der Waals surface area contributed by atoms with Crippen molar-refractivity contribution in [3.63, 3.8) is 0 Å². The highest BCUT2D eigenvalue weighted by molar-refractivity contribution is 5.91. The highest BCUT2D eigenvalue weighted by Gasteiger charge is 2.52. The molecule has 6 nitrogen and oxygen atoms in total. The summed E-state index contributed by atoms with van der Waals surface area (Å²) in [5.74, 6) is -0.154. The zero-order valence-electron chi connectivity index (χ0n) is 23.7. The molecular weight excluding hydrogens is 420 g/mol. The average Bonchev–Trinajstić information content (AvgIpc) is 2.65. The molecule has 0 aromatic carbocycles. The van der Waals surface area contributed by atoms with Crippen molar-refractivity contribution in [3.8, 4) is 0 Å². The van der Waals surface area contributed by atoms with Crippen LogP contribution < -0.4 is 0 Å². The molecule has 0 fully saturated rings. The minimum atomic E-state index is -0.969. The van der Waals surface area contributed by atoms with Crippen molar-refractivity contribution in [2.45, 2.75) is 138 Å². The number of carbonyl (C=O) groups is 3. The quantitative estimate of drug-likeness (QED) is 0.284. The van der Waals surface area contributed by atoms with Crippen LogP contribution in [0.1, 0.15) is 110 Å². The molecule has 0 radical (unpaired) electrons. The molecule has 0 rings (SSSR count). The second-order valence-corrected chi connectivity index (χ2v) is 12.2. The summed E-state index contributed by atoms with van der Waals surface area (Å²) in [6.07, 6.45) is 1.14. The minimum absolute atomic E-state index is 0.0101. The molecule has 0 amide bonds. The van der Waals surface area contributed by atoms with Crippen LogP contribution in [0.15, 0.2) is 0 Å². The van der Waals surface area contributed by atoms with Crippen molar-refractivity contribution in [2.24, 2.45) is 10.8 Å². The van der Waals surface area contributed by atoms with Crippen LogP contribution in [0.2, 0.25) is 0 Å². The first-order valence-corrected chi connectivity index (χ1v) is 12.1. The summed E-state index contributed by atoms with van der Waals surface area (Å²) in [6.45, 7) is 26.1. The van der Waals surface area contributed by atoms with Gasteiger partial charge in [0.05, 0.1) is 16.6 Å². The SMILES string of the molecule is CCOC(C)(C)C(=O)C(C)OC(C)(C)C(C)(C)C(=O)C(C)(C)CC(C)(CC)OC(C)(C)C=O. The number of carbonyl (C=O) groups excluding carboxylic acids is 3. The molecule has 0 saturated carbocycles. The van der Waals surface area contributed by atoms with Gasteiger partial charge in [0.15, 0.2) is 12.1 Å². The predicted octanol–water partition coefficient (Wildman–Crippen LogP) is 5.73. The normalized spacial score (nSPS) is 16.8. The molecule has 6 heteroatoms. The third-order valence-electron chi connectivity index (χ3n) is 6.98. The van der Waals surface area contributed by atoms with Crippen LogP contribution in [0.25, 0.3) is 0 Å². The van der Waals surface area contributed by atoms with Gasteiger partial charge < -0.3 is 19.0 Å². The van der Waals surface area contributed by atoms with Crippen LogP contribution in [-0.2, 0) is 28.6 Å². The Morgan fingerprint density at radius 3 is 1.76 bits per heavy atom. The smallest absolute Gasteiger partial charge is 0.192 e. The first-order chi connectivity index (χ1) is 14.5. The Bertz CT molecular complexity index is 701. The van der Waals surface area contributed by atoms with Gasteiger partial charge in [0.2, 0.25) is 0 Å². The van der Waals surface area contributed by atoms with Crippen molar-refractivity contribution in [2.75, 3.05) is 6.61 Å². The van der Waals surface area contributed by atoms with E-state index in [9.17, 15) is 14.4 Å². The lowest BCUT2D eigenvalue weighted by atomic mass is 9.63. The monoisotopic (exact) mass is 470 g/mol. The van der Waals surface area contributed by atoms with Gasteiger partial charge in [0, 0.05) is 12.0 Å². The van der Waals surface area contributed by atoms with Gasteiger partial charge >= 0.3 is 0 Å². The molecule has 0 bridgehead atoms. The lowest BCUT2D eigenvalue weighted by Crippen LogP contribution is -2.56. The van der Waals surface area contributed by atoms with E-state index in [1.54, 1.807) is 34.6 Å². The Morgan fingerprint density at radius 1 is 0.879 bits per heavy atom. The molecule has 2 unspecified atom stereocenters. The maximum absolute atomic E-state index is 13.9. The van der Waals surface area contributed by atoms with Crippen molar-refractivity contribution in [1.82, 2.24) is 0 Å². The third-order valence-corrected chi connectivity index (χ3v) is 6.98. The maximum Gasteiger partial charge on any atom is 0.192 e. The molecule has 0 spiro atoms. The minimum Gasteiger partial charge on any atom is -0.368 e. The first kappa shape index (κ1) is 31.9. The number of hydrogen-bond donors (Lipinski definition) is 0. The van der Waals surface area contributed by atoms with E-state index in [4.69, 9.17) is 14.2 Å². The van der Waals surface area contributed by atoms with Crippen molar-refractivity contribution >= 4 is 17.9 Å². The first-order valence-electron chi connectivity index (χ1n) is 12.1. The average molecular weight is 471 g/mol. The molecule has 0 saturated heterocycles. The van der Waals surface area contributed by atoms with Crippen LogP contribution in [0, 0.1) is 10.8 Å². The molecular formula is C27H50O6. The fourth-order valence-corrected chi connectivity index (χ4v) is 4.59. The molecule has 0 N–H and O–H groups in total. The Morgan fingerprint density at radius 2 is 1.36 bits per heavy atom. The lowest BCUT2D eigenvalue weighted by Gasteiger charge is -2.47. The molecule has 194 valence electrons. The van der Waals surface area contributed by atoms with Gasteiger partial charge in [-0.2, -0.15) is 0 Å². The van der Waals surface area contributed by atoms with Gasteiger partial charge in [-0.05, 0) is 75.2 Å². The Balaban J connectivity index is 5.81. The summed E-state index contributed by atoms with van der Waals surface area (Å²) in [7, 11) is 0. The summed E-state index contributed by atoms with van der Waals surface area (Å²) in [4.78, 5) is 38.3. The van der Waals surface area contributed by atoms with Gasteiger partial charge in [0.1, 0.15) is 23.1 Å². The predicted molar refractivity (Wildman–Crippen MR) is 132 cm³/mol. The second kappa shape index (κ2) is 10.7. The van der Waals surface area contributed by atoms with Crippen LogP contribution in [0.3, 0.4) is 0 Å². The van der Waals surface area contributed by atoms with E-state index in [-0.39, 0.29) is 11.6 Å². The number of ether oxygens (including phenoxy) is 3. The molecule has 0 aromatic rings. The van der Waals surface area contributed by atoms with Gasteiger partial charge in [-0.3, -0.25) is 9.59 Å². The van der Waals surface area contributed by atoms with Gasteiger partial charge in [-0.15, -0.1) is 0 Å². The van der Waals surface area contributed by atoms with E-state index >= 15 is 0 Å². The summed E-state index contributed by atoms with van der Waals surface area (Å²) in [5, 5.41) is 0. The zero-order chi connectivity index (χ0) is 26.7. The zero-order valence-corrected chi connectivity index (χ0v) is 23.7. The van der Waals surface area contributed by atoms with Gasteiger partial charge in [0.25, 0.3) is 0 Å². The van der Waals surface area contributed by atoms with Gasteiger partial charge in [-0.1, -0.05) is 34.6 Å². The number of aldehydes is 1. The van der Waals surface area contributed by atoms with E-state index in [1.807, 2.05) is 62.3 Å². The molecule has 0 aromatic heterocycles. The molecule has 2 atom stereocenters.